The molecule has 146 valence electrons. The van der Waals surface area contributed by atoms with Crippen LogP contribution in [-0.4, -0.2) is 17.0 Å². The Morgan fingerprint density at radius 2 is 2.00 bits per heavy atom. The Morgan fingerprint density at radius 3 is 2.82 bits per heavy atom. The number of Topliss-reactive ketones (excluding diaryl/α,β-unsaturated/α-hetero) is 1. The number of rotatable bonds is 7. The van der Waals surface area contributed by atoms with Crippen LogP contribution in [0.3, 0.4) is 0 Å². The molecule has 4 heteroatoms. The molecular formula is C24H29N2O2+. The number of ether oxygens (including phenoxy) is 1. The van der Waals surface area contributed by atoms with Gasteiger partial charge in [0.05, 0.1) is 6.61 Å². The van der Waals surface area contributed by atoms with Crippen molar-refractivity contribution in [2.45, 2.75) is 59.5 Å². The third kappa shape index (κ3) is 3.68. The summed E-state index contributed by atoms with van der Waals surface area (Å²) >= 11 is 0. The smallest absolute Gasteiger partial charge is 0.245 e. The third-order valence-corrected chi connectivity index (χ3v) is 5.75. The molecule has 1 aliphatic rings. The first-order chi connectivity index (χ1) is 13.5. The van der Waals surface area contributed by atoms with E-state index < -0.39 is 0 Å². The van der Waals surface area contributed by atoms with Crippen LogP contribution in [0, 0.1) is 13.8 Å². The molecule has 1 aliphatic heterocycles. The fraction of sp³-hybridized carbons (Fsp3) is 0.417. The third-order valence-electron chi connectivity index (χ3n) is 5.75. The molecule has 0 radical (unpaired) electrons. The number of nitrogens with zero attached hydrogens (tertiary/aromatic N) is 2. The van der Waals surface area contributed by atoms with Gasteiger partial charge in [0.25, 0.3) is 0 Å². The predicted molar refractivity (Wildman–Crippen MR) is 111 cm³/mol. The van der Waals surface area contributed by atoms with Gasteiger partial charge in [-0.1, -0.05) is 19.4 Å². The van der Waals surface area contributed by atoms with Gasteiger partial charge in [0.1, 0.15) is 18.8 Å². The second-order valence-electron chi connectivity index (χ2n) is 7.98. The van der Waals surface area contributed by atoms with Crippen LogP contribution in [0.4, 0.5) is 0 Å². The number of benzene rings is 2. The van der Waals surface area contributed by atoms with Gasteiger partial charge < -0.3 is 4.74 Å². The van der Waals surface area contributed by atoms with Gasteiger partial charge in [0.15, 0.2) is 16.8 Å². The monoisotopic (exact) mass is 377 g/mol. The van der Waals surface area contributed by atoms with Gasteiger partial charge in [-0.2, -0.15) is 0 Å². The summed E-state index contributed by atoms with van der Waals surface area (Å²) in [5.41, 5.74) is 7.42. The number of fused-ring (bicyclic) bond motifs is 2. The summed E-state index contributed by atoms with van der Waals surface area (Å²) in [6.45, 7) is 8.43. The second-order valence-corrected chi connectivity index (χ2v) is 7.98. The lowest BCUT2D eigenvalue weighted by atomic mass is 10.1. The molecule has 0 saturated heterocycles. The molecule has 4 rings (SSSR count). The number of hydrogen-bond acceptors (Lipinski definition) is 2. The van der Waals surface area contributed by atoms with Crippen LogP contribution >= 0.6 is 0 Å². The standard InChI is InChI=1S/C24H29N2O2/c1-4-5-6-21(27)15-26-16-25(22-11-17(2)18(3)12-23(22)26)14-19-7-8-24-20(13-19)9-10-28-24/h7-8,11-13,16H,4-6,9-10,14-15H2,1-3H3/q+1. The Bertz CT molecular complexity index is 1030. The molecule has 0 atom stereocenters. The summed E-state index contributed by atoms with van der Waals surface area (Å²) in [7, 11) is 0. The highest BCUT2D eigenvalue weighted by Crippen LogP contribution is 2.26. The highest BCUT2D eigenvalue weighted by Gasteiger charge is 2.20. The number of unbranched alkanes of at least 4 members (excludes halogenated alkanes) is 1. The molecule has 0 aliphatic carbocycles. The number of aryl methyl sites for hydroxylation is 2. The Balaban J connectivity index is 1.69. The summed E-state index contributed by atoms with van der Waals surface area (Å²) < 4.78 is 10.0. The first-order valence-electron chi connectivity index (χ1n) is 10.3. The molecule has 3 aromatic rings. The second kappa shape index (κ2) is 7.78. The fourth-order valence-corrected chi connectivity index (χ4v) is 3.97. The normalized spacial score (nSPS) is 13.0. The maximum Gasteiger partial charge on any atom is 0.245 e. The quantitative estimate of drug-likeness (QED) is 0.576. The number of ketones is 1. The van der Waals surface area contributed by atoms with E-state index >= 15 is 0 Å². The van der Waals surface area contributed by atoms with Crippen LogP contribution in [0.25, 0.3) is 11.0 Å². The van der Waals surface area contributed by atoms with Crippen molar-refractivity contribution in [3.8, 4) is 5.75 Å². The van der Waals surface area contributed by atoms with Crippen molar-refractivity contribution in [1.82, 2.24) is 4.57 Å². The maximum absolute atomic E-state index is 12.4. The lowest BCUT2D eigenvalue weighted by Crippen LogP contribution is -2.33. The van der Waals surface area contributed by atoms with Crippen LogP contribution in [0.1, 0.15) is 48.4 Å². The lowest BCUT2D eigenvalue weighted by Gasteiger charge is -2.03. The number of hydrogen-bond donors (Lipinski definition) is 0. The van der Waals surface area contributed by atoms with Crippen molar-refractivity contribution in [1.29, 1.82) is 0 Å². The Labute approximate surface area is 166 Å². The highest BCUT2D eigenvalue weighted by atomic mass is 16.5. The average Bonchev–Trinajstić information content (AvgIpc) is 3.26. The highest BCUT2D eigenvalue weighted by molar-refractivity contribution is 5.81. The van der Waals surface area contributed by atoms with E-state index in [1.54, 1.807) is 0 Å². The summed E-state index contributed by atoms with van der Waals surface area (Å²) in [5, 5.41) is 0. The van der Waals surface area contributed by atoms with Crippen LogP contribution in [0.15, 0.2) is 36.7 Å². The maximum atomic E-state index is 12.4. The van der Waals surface area contributed by atoms with Crippen molar-refractivity contribution in [3.05, 3.63) is 58.9 Å². The minimum atomic E-state index is 0.304. The Kier molecular flexibility index (Phi) is 5.21. The van der Waals surface area contributed by atoms with Gasteiger partial charge in [-0.3, -0.25) is 4.79 Å². The molecule has 0 spiro atoms. The number of carbonyl (C=O) groups excluding carboxylic acids is 1. The summed E-state index contributed by atoms with van der Waals surface area (Å²) in [5.74, 6) is 1.32. The first kappa shape index (κ1) is 18.7. The minimum absolute atomic E-state index is 0.304. The molecule has 0 unspecified atom stereocenters. The predicted octanol–water partition coefficient (Wildman–Crippen LogP) is 4.29. The van der Waals surface area contributed by atoms with Gasteiger partial charge in [0, 0.05) is 12.8 Å². The number of aromatic nitrogens is 2. The fourth-order valence-electron chi connectivity index (χ4n) is 3.97. The van der Waals surface area contributed by atoms with Crippen molar-refractivity contribution in [2.75, 3.05) is 6.61 Å². The molecule has 2 heterocycles. The van der Waals surface area contributed by atoms with E-state index in [0.717, 1.165) is 43.7 Å². The molecule has 1 aromatic heterocycles. The van der Waals surface area contributed by atoms with Gasteiger partial charge >= 0.3 is 0 Å². The van der Waals surface area contributed by atoms with Crippen LogP contribution < -0.4 is 9.30 Å². The molecule has 0 saturated carbocycles. The topological polar surface area (TPSA) is 35.1 Å². The summed E-state index contributed by atoms with van der Waals surface area (Å²) in [6, 6.07) is 10.9. The van der Waals surface area contributed by atoms with Gasteiger partial charge in [-0.15, -0.1) is 0 Å². The van der Waals surface area contributed by atoms with Gasteiger partial charge in [0.2, 0.25) is 6.33 Å². The number of carbonyl (C=O) groups is 1. The zero-order chi connectivity index (χ0) is 19.7. The van der Waals surface area contributed by atoms with E-state index in [1.165, 1.54) is 27.8 Å². The van der Waals surface area contributed by atoms with Crippen molar-refractivity contribution in [2.24, 2.45) is 0 Å². The molecule has 4 nitrogen and oxygen atoms in total. The van der Waals surface area contributed by atoms with E-state index in [9.17, 15) is 4.79 Å². The van der Waals surface area contributed by atoms with E-state index in [-0.39, 0.29) is 0 Å². The van der Waals surface area contributed by atoms with E-state index in [2.05, 4.69) is 66.6 Å². The van der Waals surface area contributed by atoms with Crippen molar-refractivity contribution < 1.29 is 14.1 Å². The van der Waals surface area contributed by atoms with Crippen LogP contribution in [-0.2, 0) is 24.3 Å². The molecule has 0 N–H and O–H groups in total. The summed E-state index contributed by atoms with van der Waals surface area (Å²) in [4.78, 5) is 12.4. The molecule has 2 aromatic carbocycles. The first-order valence-corrected chi connectivity index (χ1v) is 10.3. The Morgan fingerprint density at radius 1 is 1.18 bits per heavy atom. The van der Waals surface area contributed by atoms with Crippen LogP contribution in [0.2, 0.25) is 0 Å². The average molecular weight is 378 g/mol. The van der Waals surface area contributed by atoms with E-state index in [0.29, 0.717) is 18.7 Å². The molecule has 0 amide bonds. The molecular weight excluding hydrogens is 348 g/mol. The van der Waals surface area contributed by atoms with E-state index in [1.807, 2.05) is 0 Å². The van der Waals surface area contributed by atoms with Crippen molar-refractivity contribution >= 4 is 16.8 Å². The molecule has 0 bridgehead atoms. The molecule has 0 fully saturated rings. The zero-order valence-electron chi connectivity index (χ0n) is 17.1. The number of imidazole rings is 1. The lowest BCUT2D eigenvalue weighted by molar-refractivity contribution is -0.663. The molecule has 28 heavy (non-hydrogen) atoms. The largest absolute Gasteiger partial charge is 0.493 e. The zero-order valence-corrected chi connectivity index (χ0v) is 17.1. The van der Waals surface area contributed by atoms with E-state index in [4.69, 9.17) is 4.74 Å². The minimum Gasteiger partial charge on any atom is -0.493 e. The van der Waals surface area contributed by atoms with Crippen LogP contribution in [0.5, 0.6) is 5.75 Å². The summed E-state index contributed by atoms with van der Waals surface area (Å²) in [6.07, 6.45) is 5.77. The van der Waals surface area contributed by atoms with Gasteiger partial charge in [-0.25, -0.2) is 9.13 Å². The van der Waals surface area contributed by atoms with Crippen molar-refractivity contribution in [3.63, 3.8) is 0 Å². The SMILES string of the molecule is CCCCC(=O)Cn1c[n+](Cc2ccc3c(c2)CCO3)c2cc(C)c(C)cc21. The van der Waals surface area contributed by atoms with Gasteiger partial charge in [-0.05, 0) is 66.8 Å². The Hall–Kier alpha value is -2.62.